The topological polar surface area (TPSA) is 37.3 Å². The predicted molar refractivity (Wildman–Crippen MR) is 85.5 cm³/mol. The summed E-state index contributed by atoms with van der Waals surface area (Å²) in [5.74, 6) is 0.587. The lowest BCUT2D eigenvalue weighted by Crippen LogP contribution is -2.23. The number of rotatable bonds is 3. The van der Waals surface area contributed by atoms with E-state index in [0.717, 1.165) is 36.0 Å². The van der Waals surface area contributed by atoms with Crippen LogP contribution in [0.15, 0.2) is 23.8 Å². The number of benzene rings is 1. The van der Waals surface area contributed by atoms with Crippen LogP contribution in [0.3, 0.4) is 0 Å². The molecule has 2 nitrogen and oxygen atoms in total. The molecule has 2 aliphatic carbocycles. The van der Waals surface area contributed by atoms with Crippen LogP contribution in [-0.2, 0) is 4.79 Å². The quantitative estimate of drug-likeness (QED) is 0.887. The van der Waals surface area contributed by atoms with Gasteiger partial charge in [-0.15, -0.1) is 0 Å². The lowest BCUT2D eigenvalue weighted by Gasteiger charge is -2.26. The molecule has 3 atom stereocenters. The number of fused-ring (bicyclic) bond motifs is 2. The van der Waals surface area contributed by atoms with E-state index in [4.69, 9.17) is 23.2 Å². The highest BCUT2D eigenvalue weighted by atomic mass is 35.5. The Labute approximate surface area is 134 Å². The van der Waals surface area contributed by atoms with Crippen LogP contribution >= 0.6 is 23.2 Å². The first kappa shape index (κ1) is 15.1. The third-order valence-electron chi connectivity index (χ3n) is 4.70. The second-order valence-corrected chi connectivity index (χ2v) is 6.83. The van der Waals surface area contributed by atoms with Gasteiger partial charge in [-0.05, 0) is 48.4 Å². The molecule has 0 spiro atoms. The maximum Gasteiger partial charge on any atom is 0.159 e. The van der Waals surface area contributed by atoms with E-state index in [1.165, 1.54) is 0 Å². The number of aliphatic hydroxyl groups excluding tert-OH is 1. The van der Waals surface area contributed by atoms with Crippen molar-refractivity contribution in [2.45, 2.75) is 38.7 Å². The first-order valence-corrected chi connectivity index (χ1v) is 8.16. The van der Waals surface area contributed by atoms with E-state index in [2.05, 4.69) is 0 Å². The summed E-state index contributed by atoms with van der Waals surface area (Å²) >= 11 is 12.1. The summed E-state index contributed by atoms with van der Waals surface area (Å²) in [7, 11) is 0. The Morgan fingerprint density at radius 1 is 1.29 bits per heavy atom. The lowest BCUT2D eigenvalue weighted by molar-refractivity contribution is -0.116. The van der Waals surface area contributed by atoms with Gasteiger partial charge in [-0.3, -0.25) is 4.79 Å². The third-order valence-corrected chi connectivity index (χ3v) is 5.44. The highest BCUT2D eigenvalue weighted by Crippen LogP contribution is 2.49. The fourth-order valence-electron chi connectivity index (χ4n) is 3.74. The van der Waals surface area contributed by atoms with Gasteiger partial charge in [-0.25, -0.2) is 0 Å². The molecule has 1 aromatic carbocycles. The molecule has 0 heterocycles. The molecule has 4 heteroatoms. The zero-order valence-electron chi connectivity index (χ0n) is 11.9. The van der Waals surface area contributed by atoms with Crippen LogP contribution in [0, 0.1) is 11.8 Å². The number of hydrogen-bond donors (Lipinski definition) is 1. The second kappa shape index (κ2) is 5.75. The van der Waals surface area contributed by atoms with E-state index in [1.807, 2.05) is 19.1 Å². The van der Waals surface area contributed by atoms with Crippen molar-refractivity contribution >= 4 is 34.6 Å². The van der Waals surface area contributed by atoms with Crippen molar-refractivity contribution in [3.63, 3.8) is 0 Å². The van der Waals surface area contributed by atoms with E-state index in [1.54, 1.807) is 6.07 Å². The summed E-state index contributed by atoms with van der Waals surface area (Å²) in [4.78, 5) is 12.4. The van der Waals surface area contributed by atoms with Crippen LogP contribution in [-0.4, -0.2) is 17.0 Å². The first-order valence-electron chi connectivity index (χ1n) is 7.41. The van der Waals surface area contributed by atoms with Crippen molar-refractivity contribution in [2.75, 3.05) is 0 Å². The number of halogens is 2. The minimum Gasteiger partial charge on any atom is -0.392 e. The molecule has 3 rings (SSSR count). The van der Waals surface area contributed by atoms with Crippen molar-refractivity contribution < 1.29 is 9.90 Å². The van der Waals surface area contributed by atoms with Crippen molar-refractivity contribution in [3.8, 4) is 0 Å². The zero-order valence-corrected chi connectivity index (χ0v) is 13.4. The molecule has 2 aliphatic rings. The van der Waals surface area contributed by atoms with Gasteiger partial charge in [-0.2, -0.15) is 0 Å². The number of allylic oxidation sites excluding steroid dienone is 1. The van der Waals surface area contributed by atoms with Crippen molar-refractivity contribution in [1.82, 2.24) is 0 Å². The largest absolute Gasteiger partial charge is 0.392 e. The Morgan fingerprint density at radius 2 is 2.05 bits per heavy atom. The second-order valence-electron chi connectivity index (χ2n) is 6.01. The number of Topliss-reactive ketones (excluding diaryl/α,β-unsaturated/α-hetero) is 1. The van der Waals surface area contributed by atoms with Crippen LogP contribution in [0.1, 0.15) is 38.2 Å². The molecule has 0 aromatic heterocycles. The first-order chi connectivity index (χ1) is 10.0. The monoisotopic (exact) mass is 324 g/mol. The minimum absolute atomic E-state index is 0.0133. The molecular formula is C17H18Cl2O2. The number of hydrogen-bond acceptors (Lipinski definition) is 2. The molecule has 1 aromatic rings. The Kier molecular flexibility index (Phi) is 4.13. The van der Waals surface area contributed by atoms with Gasteiger partial charge in [0.25, 0.3) is 0 Å². The van der Waals surface area contributed by atoms with Gasteiger partial charge in [-0.1, -0.05) is 36.2 Å². The van der Waals surface area contributed by atoms with E-state index in [0.29, 0.717) is 22.4 Å². The van der Waals surface area contributed by atoms with Gasteiger partial charge in [0.05, 0.1) is 16.1 Å². The molecule has 0 amide bonds. The minimum atomic E-state index is -0.388. The highest BCUT2D eigenvalue weighted by molar-refractivity contribution is 6.42. The summed E-state index contributed by atoms with van der Waals surface area (Å²) in [6.45, 7) is 1.87. The maximum absolute atomic E-state index is 12.4. The molecular weight excluding hydrogens is 307 g/mol. The van der Waals surface area contributed by atoms with Gasteiger partial charge in [0.2, 0.25) is 0 Å². The van der Waals surface area contributed by atoms with E-state index >= 15 is 0 Å². The van der Waals surface area contributed by atoms with Crippen LogP contribution in [0.4, 0.5) is 0 Å². The third kappa shape index (κ3) is 2.65. The fourth-order valence-corrected chi connectivity index (χ4v) is 4.04. The molecule has 112 valence electrons. The Hall–Kier alpha value is -0.830. The van der Waals surface area contributed by atoms with Gasteiger partial charge < -0.3 is 5.11 Å². The van der Waals surface area contributed by atoms with Crippen LogP contribution < -0.4 is 0 Å². The lowest BCUT2D eigenvalue weighted by atomic mass is 9.77. The molecule has 1 N–H and O–H groups in total. The average molecular weight is 325 g/mol. The average Bonchev–Trinajstić information content (AvgIpc) is 2.76. The molecule has 1 saturated carbocycles. The van der Waals surface area contributed by atoms with Gasteiger partial charge in [0, 0.05) is 17.9 Å². The van der Waals surface area contributed by atoms with Crippen molar-refractivity contribution in [3.05, 3.63) is 39.4 Å². The Bertz CT molecular complexity index is 621. The normalized spacial score (nSPS) is 28.1. The standard InChI is InChI=1S/C17H18Cl2O2/c1-2-15(20)17-11(5-9-6-12(17)16(21)7-9)10-3-4-13(18)14(19)8-10/h3-4,8-9,12,16,21H,2,5-7H2,1H3/t9?,12-,16?/m0/s1. The molecule has 1 fully saturated rings. The summed E-state index contributed by atoms with van der Waals surface area (Å²) in [6, 6.07) is 5.52. The van der Waals surface area contributed by atoms with Gasteiger partial charge in [0.15, 0.2) is 5.78 Å². The number of carbonyl (C=O) groups excluding carboxylic acids is 1. The molecule has 0 aliphatic heterocycles. The number of aliphatic hydroxyl groups is 1. The number of carbonyl (C=O) groups is 1. The zero-order chi connectivity index (χ0) is 15.1. The summed E-state index contributed by atoms with van der Waals surface area (Å²) in [5, 5.41) is 11.3. The van der Waals surface area contributed by atoms with E-state index in [9.17, 15) is 9.90 Å². The summed E-state index contributed by atoms with van der Waals surface area (Å²) < 4.78 is 0. The fraction of sp³-hybridized carbons (Fsp3) is 0.471. The number of ketones is 1. The SMILES string of the molecule is CCC(=O)C1=C(c2ccc(Cl)c(Cl)c2)CC2CC(O)[C@@H]1C2. The smallest absolute Gasteiger partial charge is 0.159 e. The van der Waals surface area contributed by atoms with Crippen LogP contribution in [0.25, 0.3) is 5.57 Å². The Morgan fingerprint density at radius 3 is 2.71 bits per heavy atom. The highest BCUT2D eigenvalue weighted by Gasteiger charge is 2.42. The maximum atomic E-state index is 12.4. The van der Waals surface area contributed by atoms with Gasteiger partial charge in [0.1, 0.15) is 0 Å². The predicted octanol–water partition coefficient (Wildman–Crippen LogP) is 4.52. The van der Waals surface area contributed by atoms with Crippen LogP contribution in [0.5, 0.6) is 0 Å². The summed E-state index contributed by atoms with van der Waals surface area (Å²) in [6.07, 6.45) is 2.63. The van der Waals surface area contributed by atoms with Crippen LogP contribution in [0.2, 0.25) is 10.0 Å². The Balaban J connectivity index is 2.12. The molecule has 0 saturated heterocycles. The van der Waals surface area contributed by atoms with Crippen molar-refractivity contribution in [1.29, 1.82) is 0 Å². The summed E-state index contributed by atoms with van der Waals surface area (Å²) in [5.41, 5.74) is 2.83. The van der Waals surface area contributed by atoms with E-state index < -0.39 is 0 Å². The molecule has 2 bridgehead atoms. The molecule has 21 heavy (non-hydrogen) atoms. The van der Waals surface area contributed by atoms with Gasteiger partial charge >= 0.3 is 0 Å². The van der Waals surface area contributed by atoms with E-state index in [-0.39, 0.29) is 17.8 Å². The molecule has 2 unspecified atom stereocenters. The van der Waals surface area contributed by atoms with Crippen molar-refractivity contribution in [2.24, 2.45) is 11.8 Å². The molecule has 0 radical (unpaired) electrons.